The van der Waals surface area contributed by atoms with Crippen molar-refractivity contribution < 1.29 is 0 Å². The standard InChI is InChI=1S/C20H17N5O/c1-12-7-6-10-15-13(2)21-19(24-18(12)15)25-20-22-16(11-17(26)23-20)14-8-4-3-5-9-14/h3-11H,1-2H3,(H2,21,22,23,24,25,26). The van der Waals surface area contributed by atoms with Crippen LogP contribution in [0.4, 0.5) is 11.9 Å². The molecule has 0 amide bonds. The number of hydrogen-bond acceptors (Lipinski definition) is 5. The van der Waals surface area contributed by atoms with Crippen LogP contribution in [0.25, 0.3) is 22.2 Å². The molecular formula is C20H17N5O. The number of aromatic nitrogens is 4. The van der Waals surface area contributed by atoms with Gasteiger partial charge in [-0.15, -0.1) is 0 Å². The molecule has 128 valence electrons. The second kappa shape index (κ2) is 6.40. The number of aromatic amines is 1. The number of aryl methyl sites for hydroxylation is 2. The number of nitrogens with zero attached hydrogens (tertiary/aromatic N) is 3. The average Bonchev–Trinajstić information content (AvgIpc) is 2.63. The molecule has 0 unspecified atom stereocenters. The maximum Gasteiger partial charge on any atom is 0.275 e. The van der Waals surface area contributed by atoms with Gasteiger partial charge in [0.15, 0.2) is 0 Å². The quantitative estimate of drug-likeness (QED) is 0.592. The van der Waals surface area contributed by atoms with Crippen LogP contribution in [-0.2, 0) is 0 Å². The van der Waals surface area contributed by atoms with Crippen molar-refractivity contribution >= 4 is 22.8 Å². The molecule has 0 radical (unpaired) electrons. The second-order valence-corrected chi connectivity index (χ2v) is 6.08. The highest BCUT2D eigenvalue weighted by molar-refractivity contribution is 5.84. The Labute approximate surface area is 150 Å². The van der Waals surface area contributed by atoms with Gasteiger partial charge in [-0.3, -0.25) is 10.1 Å². The van der Waals surface area contributed by atoms with Crippen LogP contribution in [0.5, 0.6) is 0 Å². The van der Waals surface area contributed by atoms with Crippen LogP contribution in [0.2, 0.25) is 0 Å². The van der Waals surface area contributed by atoms with Crippen LogP contribution in [0, 0.1) is 13.8 Å². The number of nitrogens with one attached hydrogen (secondary N) is 2. The number of para-hydroxylation sites is 1. The van der Waals surface area contributed by atoms with E-state index in [1.54, 1.807) is 0 Å². The van der Waals surface area contributed by atoms with E-state index < -0.39 is 0 Å². The summed E-state index contributed by atoms with van der Waals surface area (Å²) in [6.45, 7) is 3.94. The minimum Gasteiger partial charge on any atom is -0.325 e. The molecule has 2 aromatic carbocycles. The number of H-pyrrole nitrogens is 1. The molecule has 0 saturated heterocycles. The van der Waals surface area contributed by atoms with Crippen LogP contribution in [0.1, 0.15) is 11.3 Å². The number of rotatable bonds is 3. The Morgan fingerprint density at radius 3 is 2.54 bits per heavy atom. The van der Waals surface area contributed by atoms with Crippen molar-refractivity contribution in [2.24, 2.45) is 0 Å². The fourth-order valence-corrected chi connectivity index (χ4v) is 2.90. The maximum absolute atomic E-state index is 12.0. The summed E-state index contributed by atoms with van der Waals surface area (Å²) in [7, 11) is 0. The minimum absolute atomic E-state index is 0.309. The Hall–Kier alpha value is -3.54. The highest BCUT2D eigenvalue weighted by Gasteiger charge is 2.09. The van der Waals surface area contributed by atoms with E-state index in [9.17, 15) is 4.79 Å². The highest BCUT2D eigenvalue weighted by Crippen LogP contribution is 2.22. The predicted octanol–water partition coefficient (Wildman–Crippen LogP) is 3.74. The molecule has 2 N–H and O–H groups in total. The third kappa shape index (κ3) is 3.04. The van der Waals surface area contributed by atoms with Gasteiger partial charge in [0, 0.05) is 11.5 Å². The van der Waals surface area contributed by atoms with Gasteiger partial charge >= 0.3 is 0 Å². The van der Waals surface area contributed by atoms with E-state index in [1.165, 1.54) is 6.07 Å². The van der Waals surface area contributed by atoms with Crippen molar-refractivity contribution in [3.63, 3.8) is 0 Å². The smallest absolute Gasteiger partial charge is 0.275 e. The predicted molar refractivity (Wildman–Crippen MR) is 103 cm³/mol. The Balaban J connectivity index is 1.76. The Kier molecular flexibility index (Phi) is 3.93. The first-order chi connectivity index (χ1) is 12.6. The van der Waals surface area contributed by atoms with E-state index in [0.29, 0.717) is 17.6 Å². The topological polar surface area (TPSA) is 83.6 Å². The first-order valence-electron chi connectivity index (χ1n) is 8.28. The van der Waals surface area contributed by atoms with Crippen LogP contribution < -0.4 is 10.9 Å². The first kappa shape index (κ1) is 16.0. The van der Waals surface area contributed by atoms with Gasteiger partial charge in [-0.1, -0.05) is 48.5 Å². The largest absolute Gasteiger partial charge is 0.325 e. The summed E-state index contributed by atoms with van der Waals surface area (Å²) >= 11 is 0. The molecule has 4 aromatic rings. The SMILES string of the molecule is Cc1nc(Nc2nc(=O)cc(-c3ccccc3)[nH]2)nc2c(C)cccc12. The third-order valence-electron chi connectivity index (χ3n) is 4.18. The third-order valence-corrected chi connectivity index (χ3v) is 4.18. The van der Waals surface area contributed by atoms with Gasteiger partial charge in [0.05, 0.1) is 16.9 Å². The average molecular weight is 343 g/mol. The lowest BCUT2D eigenvalue weighted by atomic mass is 10.1. The summed E-state index contributed by atoms with van der Waals surface area (Å²) in [4.78, 5) is 28.2. The summed E-state index contributed by atoms with van der Waals surface area (Å²) < 4.78 is 0. The number of benzene rings is 2. The lowest BCUT2D eigenvalue weighted by Crippen LogP contribution is -2.12. The van der Waals surface area contributed by atoms with Crippen LogP contribution in [0.3, 0.4) is 0 Å². The fourth-order valence-electron chi connectivity index (χ4n) is 2.90. The summed E-state index contributed by atoms with van der Waals surface area (Å²) in [5.41, 5.74) is 4.06. The van der Waals surface area contributed by atoms with Gasteiger partial charge in [-0.2, -0.15) is 4.98 Å². The van der Waals surface area contributed by atoms with Crippen molar-refractivity contribution in [2.45, 2.75) is 13.8 Å². The van der Waals surface area contributed by atoms with Gasteiger partial charge < -0.3 is 4.98 Å². The molecule has 0 fully saturated rings. The molecule has 0 atom stereocenters. The number of fused-ring (bicyclic) bond motifs is 1. The van der Waals surface area contributed by atoms with E-state index in [2.05, 4.69) is 25.3 Å². The summed E-state index contributed by atoms with van der Waals surface area (Å²) in [5, 5.41) is 4.04. The molecule has 0 bridgehead atoms. The van der Waals surface area contributed by atoms with Crippen molar-refractivity contribution in [1.29, 1.82) is 0 Å². The highest BCUT2D eigenvalue weighted by atomic mass is 16.1. The second-order valence-electron chi connectivity index (χ2n) is 6.08. The van der Waals surface area contributed by atoms with E-state index in [4.69, 9.17) is 0 Å². The van der Waals surface area contributed by atoms with Crippen molar-refractivity contribution in [2.75, 3.05) is 5.32 Å². The fraction of sp³-hybridized carbons (Fsp3) is 0.100. The van der Waals surface area contributed by atoms with Gasteiger partial charge in [-0.25, -0.2) is 9.97 Å². The summed E-state index contributed by atoms with van der Waals surface area (Å²) in [6.07, 6.45) is 0. The Bertz CT molecular complexity index is 1150. The monoisotopic (exact) mass is 343 g/mol. The zero-order chi connectivity index (χ0) is 18.1. The minimum atomic E-state index is -0.334. The van der Waals surface area contributed by atoms with Crippen molar-refractivity contribution in [1.82, 2.24) is 19.9 Å². The van der Waals surface area contributed by atoms with Gasteiger partial charge in [0.1, 0.15) is 0 Å². The molecule has 4 rings (SSSR count). The van der Waals surface area contributed by atoms with E-state index >= 15 is 0 Å². The van der Waals surface area contributed by atoms with E-state index in [0.717, 1.165) is 27.7 Å². The molecule has 26 heavy (non-hydrogen) atoms. The van der Waals surface area contributed by atoms with Crippen molar-refractivity contribution in [3.8, 4) is 11.3 Å². The zero-order valence-corrected chi connectivity index (χ0v) is 14.4. The summed E-state index contributed by atoms with van der Waals surface area (Å²) in [5.74, 6) is 0.710. The molecule has 0 aliphatic rings. The Morgan fingerprint density at radius 2 is 1.73 bits per heavy atom. The molecule has 0 aliphatic carbocycles. The van der Waals surface area contributed by atoms with Crippen LogP contribution >= 0.6 is 0 Å². The molecule has 0 spiro atoms. The van der Waals surface area contributed by atoms with Crippen molar-refractivity contribution in [3.05, 3.63) is 76.2 Å². The molecular weight excluding hydrogens is 326 g/mol. The van der Waals surface area contributed by atoms with E-state index in [-0.39, 0.29) is 5.56 Å². The number of anilines is 2. The first-order valence-corrected chi connectivity index (χ1v) is 8.28. The van der Waals surface area contributed by atoms with Crippen LogP contribution in [-0.4, -0.2) is 19.9 Å². The molecule has 6 nitrogen and oxygen atoms in total. The van der Waals surface area contributed by atoms with Crippen LogP contribution in [0.15, 0.2) is 59.4 Å². The van der Waals surface area contributed by atoms with Gasteiger partial charge in [0.2, 0.25) is 11.9 Å². The van der Waals surface area contributed by atoms with Gasteiger partial charge in [0.25, 0.3) is 5.56 Å². The van der Waals surface area contributed by atoms with Gasteiger partial charge in [-0.05, 0) is 25.0 Å². The normalized spacial score (nSPS) is 10.8. The lowest BCUT2D eigenvalue weighted by Gasteiger charge is -2.10. The van der Waals surface area contributed by atoms with E-state index in [1.807, 2.05) is 62.4 Å². The summed E-state index contributed by atoms with van der Waals surface area (Å²) in [6, 6.07) is 17.1. The molecule has 0 saturated carbocycles. The molecule has 2 aromatic heterocycles. The molecule has 2 heterocycles. The molecule has 6 heteroatoms. The zero-order valence-electron chi connectivity index (χ0n) is 14.4. The molecule has 0 aliphatic heterocycles. The maximum atomic E-state index is 12.0. The number of hydrogen-bond donors (Lipinski definition) is 2. The lowest BCUT2D eigenvalue weighted by molar-refractivity contribution is 1.08. The Morgan fingerprint density at radius 1 is 0.923 bits per heavy atom.